The number of imide groups is 1. The first-order chi connectivity index (χ1) is 15.5. The molecule has 5 rings (SSSR count). The van der Waals surface area contributed by atoms with Crippen molar-refractivity contribution in [3.8, 4) is 17.2 Å². The second-order valence-electron chi connectivity index (χ2n) is 7.47. The quantitative estimate of drug-likeness (QED) is 0.461. The van der Waals surface area contributed by atoms with E-state index in [0.717, 1.165) is 39.5 Å². The van der Waals surface area contributed by atoms with E-state index in [0.29, 0.717) is 23.8 Å². The highest BCUT2D eigenvalue weighted by Gasteiger charge is 2.31. The topological polar surface area (TPSA) is 94.3 Å². The fraction of sp³-hybridized carbons (Fsp3) is 0.167. The standard InChI is InChI=1S/C24H19N3O4S/c1-14-20(31-23(26-14)16-5-3-2-4-6-16)13-30-18-8-7-17-9-15(12-25-19(17)11-18)10-21-22(28)27-24(29)32-21/h2-9,11-12,21H,10,13H2,1H3,(H,27,28,29). The lowest BCUT2D eigenvalue weighted by atomic mass is 10.1. The maximum atomic E-state index is 11.8. The van der Waals surface area contributed by atoms with Crippen LogP contribution in [0.15, 0.2) is 65.2 Å². The molecule has 1 fully saturated rings. The minimum absolute atomic E-state index is 0.248. The number of nitrogens with one attached hydrogen (secondary N) is 1. The van der Waals surface area contributed by atoms with Gasteiger partial charge in [0.15, 0.2) is 5.76 Å². The number of oxazole rings is 1. The van der Waals surface area contributed by atoms with E-state index in [2.05, 4.69) is 15.3 Å². The summed E-state index contributed by atoms with van der Waals surface area (Å²) in [5.74, 6) is 1.67. The zero-order chi connectivity index (χ0) is 22.1. The summed E-state index contributed by atoms with van der Waals surface area (Å²) in [7, 11) is 0. The Labute approximate surface area is 188 Å². The molecule has 1 atom stereocenters. The van der Waals surface area contributed by atoms with Crippen LogP contribution in [0.4, 0.5) is 4.79 Å². The molecule has 1 N–H and O–H groups in total. The maximum absolute atomic E-state index is 11.8. The molecule has 1 aliphatic rings. The van der Waals surface area contributed by atoms with Crippen LogP contribution in [-0.2, 0) is 17.8 Å². The van der Waals surface area contributed by atoms with Gasteiger partial charge in [0.1, 0.15) is 12.4 Å². The fourth-order valence-electron chi connectivity index (χ4n) is 3.50. The molecule has 2 aromatic carbocycles. The Kier molecular flexibility index (Phi) is 5.36. The van der Waals surface area contributed by atoms with Gasteiger partial charge in [0.2, 0.25) is 11.8 Å². The number of ether oxygens (including phenoxy) is 1. The van der Waals surface area contributed by atoms with E-state index in [4.69, 9.17) is 9.15 Å². The Balaban J connectivity index is 1.28. The van der Waals surface area contributed by atoms with E-state index < -0.39 is 5.25 Å². The molecule has 4 aromatic rings. The SMILES string of the molecule is Cc1nc(-c2ccccc2)oc1COc1ccc2cc(CC3SC(=O)NC3=O)cnc2c1. The lowest BCUT2D eigenvalue weighted by Crippen LogP contribution is -2.25. The number of aryl methyl sites for hydroxylation is 1. The molecule has 8 heteroatoms. The van der Waals surface area contributed by atoms with Crippen molar-refractivity contribution in [2.75, 3.05) is 0 Å². The largest absolute Gasteiger partial charge is 0.486 e. The average molecular weight is 446 g/mol. The zero-order valence-electron chi connectivity index (χ0n) is 17.2. The number of hydrogen-bond acceptors (Lipinski definition) is 7. The van der Waals surface area contributed by atoms with Gasteiger partial charge >= 0.3 is 0 Å². The molecular formula is C24H19N3O4S. The summed E-state index contributed by atoms with van der Waals surface area (Å²) in [6.07, 6.45) is 2.19. The Morgan fingerprint density at radius 2 is 1.97 bits per heavy atom. The highest BCUT2D eigenvalue weighted by Crippen LogP contribution is 2.27. The number of benzene rings is 2. The molecule has 0 spiro atoms. The predicted molar refractivity (Wildman–Crippen MR) is 121 cm³/mol. The summed E-state index contributed by atoms with van der Waals surface area (Å²) in [6, 6.07) is 17.4. The second-order valence-corrected chi connectivity index (χ2v) is 8.64. The van der Waals surface area contributed by atoms with Crippen molar-refractivity contribution in [3.63, 3.8) is 0 Å². The number of rotatable bonds is 6. The van der Waals surface area contributed by atoms with Gasteiger partial charge in [-0.05, 0) is 49.2 Å². The molecule has 1 unspecified atom stereocenters. The molecule has 7 nitrogen and oxygen atoms in total. The summed E-state index contributed by atoms with van der Waals surface area (Å²) in [4.78, 5) is 32.1. The van der Waals surface area contributed by atoms with Crippen molar-refractivity contribution in [1.29, 1.82) is 0 Å². The van der Waals surface area contributed by atoms with Crippen molar-refractivity contribution in [2.24, 2.45) is 0 Å². The molecule has 160 valence electrons. The molecule has 0 saturated carbocycles. The summed E-state index contributed by atoms with van der Waals surface area (Å²) in [5.41, 5.74) is 3.40. The number of carbonyl (C=O) groups excluding carboxylic acids is 2. The average Bonchev–Trinajstić information content (AvgIpc) is 3.33. The maximum Gasteiger partial charge on any atom is 0.286 e. The minimum atomic E-state index is -0.407. The number of carbonyl (C=O) groups is 2. The van der Waals surface area contributed by atoms with E-state index in [9.17, 15) is 9.59 Å². The number of pyridine rings is 1. The van der Waals surface area contributed by atoms with Crippen LogP contribution in [0.25, 0.3) is 22.4 Å². The molecule has 2 aromatic heterocycles. The summed E-state index contributed by atoms with van der Waals surface area (Å²) < 4.78 is 11.8. The van der Waals surface area contributed by atoms with Gasteiger partial charge in [-0.15, -0.1) is 0 Å². The van der Waals surface area contributed by atoms with Gasteiger partial charge in [-0.3, -0.25) is 19.9 Å². The number of nitrogens with zero attached hydrogens (tertiary/aromatic N) is 2. The van der Waals surface area contributed by atoms with Gasteiger partial charge in [0.25, 0.3) is 5.24 Å². The molecule has 0 bridgehead atoms. The number of thioether (sulfide) groups is 1. The monoisotopic (exact) mass is 445 g/mol. The first-order valence-corrected chi connectivity index (χ1v) is 11.0. The van der Waals surface area contributed by atoms with E-state index in [1.165, 1.54) is 0 Å². The lowest BCUT2D eigenvalue weighted by Gasteiger charge is -2.08. The Morgan fingerprint density at radius 3 is 2.75 bits per heavy atom. The Morgan fingerprint density at radius 1 is 1.12 bits per heavy atom. The van der Waals surface area contributed by atoms with Crippen LogP contribution in [-0.4, -0.2) is 26.4 Å². The van der Waals surface area contributed by atoms with Gasteiger partial charge in [-0.1, -0.05) is 30.0 Å². The van der Waals surface area contributed by atoms with Crippen molar-refractivity contribution in [1.82, 2.24) is 15.3 Å². The van der Waals surface area contributed by atoms with Crippen molar-refractivity contribution >= 4 is 33.8 Å². The van der Waals surface area contributed by atoms with E-state index >= 15 is 0 Å². The summed E-state index contributed by atoms with van der Waals surface area (Å²) in [5, 5.41) is 2.54. The number of amides is 2. The molecule has 1 aliphatic heterocycles. The van der Waals surface area contributed by atoms with Gasteiger partial charge in [-0.25, -0.2) is 4.98 Å². The summed E-state index contributed by atoms with van der Waals surface area (Å²) in [6.45, 7) is 2.16. The number of aromatic nitrogens is 2. The summed E-state index contributed by atoms with van der Waals surface area (Å²) >= 11 is 1.02. The van der Waals surface area contributed by atoms with Crippen LogP contribution in [0.5, 0.6) is 5.75 Å². The highest BCUT2D eigenvalue weighted by molar-refractivity contribution is 8.15. The second kappa shape index (κ2) is 8.47. The van der Waals surface area contributed by atoms with Gasteiger partial charge in [-0.2, -0.15) is 0 Å². The van der Waals surface area contributed by atoms with Crippen LogP contribution in [0, 0.1) is 6.92 Å². The molecular weight excluding hydrogens is 426 g/mol. The number of hydrogen-bond donors (Lipinski definition) is 1. The predicted octanol–water partition coefficient (Wildman–Crippen LogP) is 4.67. The van der Waals surface area contributed by atoms with Crippen LogP contribution in [0.1, 0.15) is 17.0 Å². The van der Waals surface area contributed by atoms with Crippen molar-refractivity contribution in [2.45, 2.75) is 25.2 Å². The van der Waals surface area contributed by atoms with Crippen molar-refractivity contribution < 1.29 is 18.7 Å². The van der Waals surface area contributed by atoms with Crippen LogP contribution < -0.4 is 10.1 Å². The minimum Gasteiger partial charge on any atom is -0.486 e. The van der Waals surface area contributed by atoms with E-state index in [1.807, 2.05) is 61.5 Å². The highest BCUT2D eigenvalue weighted by atomic mass is 32.2. The molecule has 3 heterocycles. The fourth-order valence-corrected chi connectivity index (χ4v) is 4.36. The third-order valence-corrected chi connectivity index (χ3v) is 6.17. The lowest BCUT2D eigenvalue weighted by molar-refractivity contribution is -0.118. The normalized spacial score (nSPS) is 15.8. The first kappa shape index (κ1) is 20.3. The third kappa shape index (κ3) is 4.22. The van der Waals surface area contributed by atoms with Gasteiger partial charge < -0.3 is 9.15 Å². The Bertz CT molecular complexity index is 1320. The van der Waals surface area contributed by atoms with Gasteiger partial charge in [0.05, 0.1) is 16.5 Å². The molecule has 2 amide bonds. The van der Waals surface area contributed by atoms with Crippen molar-refractivity contribution in [3.05, 3.63) is 77.8 Å². The molecule has 32 heavy (non-hydrogen) atoms. The molecule has 0 aliphatic carbocycles. The molecule has 1 saturated heterocycles. The zero-order valence-corrected chi connectivity index (χ0v) is 18.0. The van der Waals surface area contributed by atoms with Crippen LogP contribution in [0.2, 0.25) is 0 Å². The first-order valence-electron chi connectivity index (χ1n) is 10.1. The van der Waals surface area contributed by atoms with E-state index in [1.54, 1.807) is 6.20 Å². The van der Waals surface area contributed by atoms with Crippen LogP contribution >= 0.6 is 11.8 Å². The smallest absolute Gasteiger partial charge is 0.286 e. The van der Waals surface area contributed by atoms with Gasteiger partial charge in [0, 0.05) is 23.2 Å². The Hall–Kier alpha value is -3.65. The third-order valence-electron chi connectivity index (χ3n) is 5.18. The number of fused-ring (bicyclic) bond motifs is 1. The molecule has 0 radical (unpaired) electrons. The van der Waals surface area contributed by atoms with Crippen LogP contribution in [0.3, 0.4) is 0 Å². The van der Waals surface area contributed by atoms with E-state index in [-0.39, 0.29) is 17.8 Å².